The van der Waals surface area contributed by atoms with Crippen molar-refractivity contribution in [2.24, 2.45) is 17.3 Å². The van der Waals surface area contributed by atoms with Gasteiger partial charge in [0.1, 0.15) is 12.2 Å². The Kier molecular flexibility index (Phi) is 14.0. The average Bonchev–Trinajstić information content (AvgIpc) is 3.81. The highest BCUT2D eigenvalue weighted by Gasteiger charge is 2.44. The second-order valence-corrected chi connectivity index (χ2v) is 14.8. The van der Waals surface area contributed by atoms with Gasteiger partial charge in [0.15, 0.2) is 11.5 Å². The number of ether oxygens (including phenoxy) is 6. The van der Waals surface area contributed by atoms with Crippen molar-refractivity contribution in [2.75, 3.05) is 67.3 Å². The third-order valence-corrected chi connectivity index (χ3v) is 8.65. The first-order valence-corrected chi connectivity index (χ1v) is 17.1. The summed E-state index contributed by atoms with van der Waals surface area (Å²) < 4.78 is 32.8. The molecule has 13 nitrogen and oxygen atoms in total. The summed E-state index contributed by atoms with van der Waals surface area (Å²) in [4.78, 5) is 58.2. The number of nitrogens with zero attached hydrogens (tertiary/aromatic N) is 3. The molecular weight excluding hydrogens is 634 g/mol. The summed E-state index contributed by atoms with van der Waals surface area (Å²) in [7, 11) is 4.48. The molecule has 2 aliphatic rings. The van der Waals surface area contributed by atoms with Gasteiger partial charge in [0.2, 0.25) is 0 Å². The highest BCUT2D eigenvalue weighted by molar-refractivity contribution is 5.95. The van der Waals surface area contributed by atoms with Crippen molar-refractivity contribution >= 4 is 24.1 Å². The van der Waals surface area contributed by atoms with Crippen LogP contribution in [0.5, 0.6) is 11.5 Å². The number of benzene rings is 1. The van der Waals surface area contributed by atoms with Crippen LogP contribution in [0.1, 0.15) is 78.1 Å². The molecule has 1 aliphatic carbocycles. The van der Waals surface area contributed by atoms with Crippen molar-refractivity contribution in [3.8, 4) is 11.5 Å². The number of methoxy groups -OCH3 is 3. The molecule has 3 amide bonds. The normalized spacial score (nSPS) is 17.8. The van der Waals surface area contributed by atoms with Crippen molar-refractivity contribution < 1.29 is 47.6 Å². The zero-order valence-electron chi connectivity index (χ0n) is 31.0. The smallest absolute Gasteiger partial charge is 0.410 e. The number of hydrogen-bond acceptors (Lipinski definition) is 10. The fourth-order valence-corrected chi connectivity index (χ4v) is 5.75. The second kappa shape index (κ2) is 17.3. The van der Waals surface area contributed by atoms with Crippen molar-refractivity contribution in [2.45, 2.75) is 85.4 Å². The van der Waals surface area contributed by atoms with Gasteiger partial charge in [-0.2, -0.15) is 0 Å². The molecule has 13 heteroatoms. The van der Waals surface area contributed by atoms with Gasteiger partial charge in [0.05, 0.1) is 26.2 Å². The Balaban J connectivity index is 1.85. The molecule has 1 heterocycles. The molecule has 0 bridgehead atoms. The molecule has 2 fully saturated rings. The fraction of sp³-hybridized carbons (Fsp3) is 0.722. The number of likely N-dealkylation sites (tertiary alicyclic amines) is 1. The van der Waals surface area contributed by atoms with Gasteiger partial charge in [-0.1, -0.05) is 0 Å². The van der Waals surface area contributed by atoms with E-state index < -0.39 is 29.2 Å². The van der Waals surface area contributed by atoms with Gasteiger partial charge < -0.3 is 43.1 Å². The second-order valence-electron chi connectivity index (χ2n) is 14.8. The SMILES string of the molecule is COCCCOc1cc(C(=O)N(C[C@@H]2CN(C(=O)OC(C)(C)C)C[C@H]2CN(C(=O)OCC(C)(C)C(=O)OC)C2CC2)C(C)C)ccc1OC. The molecule has 276 valence electrons. The van der Waals surface area contributed by atoms with Crippen LogP contribution in [0.3, 0.4) is 0 Å². The maximum absolute atomic E-state index is 14.1. The number of carbonyl (C=O) groups excluding carboxylic acids is 4. The van der Waals surface area contributed by atoms with E-state index in [0.717, 1.165) is 12.8 Å². The Morgan fingerprint density at radius 2 is 1.57 bits per heavy atom. The predicted octanol–water partition coefficient (Wildman–Crippen LogP) is 5.24. The molecule has 1 aliphatic heterocycles. The molecule has 0 N–H and O–H groups in total. The largest absolute Gasteiger partial charge is 0.493 e. The molecular formula is C36H57N3O10. The van der Waals surface area contributed by atoms with Crippen molar-refractivity contribution in [1.82, 2.24) is 14.7 Å². The van der Waals surface area contributed by atoms with Crippen LogP contribution >= 0.6 is 0 Å². The first-order chi connectivity index (χ1) is 23.0. The Hall–Kier alpha value is -3.74. The molecule has 1 aromatic rings. The maximum Gasteiger partial charge on any atom is 0.410 e. The highest BCUT2D eigenvalue weighted by atomic mass is 16.6. The topological polar surface area (TPSA) is 133 Å². The van der Waals surface area contributed by atoms with E-state index in [4.69, 9.17) is 28.4 Å². The van der Waals surface area contributed by atoms with Crippen LogP contribution in [0.2, 0.25) is 0 Å². The van der Waals surface area contributed by atoms with E-state index in [-0.39, 0.29) is 36.4 Å². The van der Waals surface area contributed by atoms with Crippen LogP contribution in [-0.2, 0) is 23.7 Å². The first-order valence-electron chi connectivity index (χ1n) is 17.1. The molecule has 1 saturated carbocycles. The zero-order chi connectivity index (χ0) is 36.5. The van der Waals surface area contributed by atoms with E-state index in [0.29, 0.717) is 62.9 Å². The molecule has 0 aromatic heterocycles. The van der Waals surface area contributed by atoms with Gasteiger partial charge >= 0.3 is 18.2 Å². The Morgan fingerprint density at radius 1 is 0.918 bits per heavy atom. The number of carbonyl (C=O) groups is 4. The minimum atomic E-state index is -1.00. The van der Waals surface area contributed by atoms with Gasteiger partial charge in [-0.25, -0.2) is 9.59 Å². The molecule has 0 unspecified atom stereocenters. The van der Waals surface area contributed by atoms with Gasteiger partial charge in [-0.15, -0.1) is 0 Å². The van der Waals surface area contributed by atoms with Crippen molar-refractivity contribution in [1.29, 1.82) is 0 Å². The summed E-state index contributed by atoms with van der Waals surface area (Å²) in [5.74, 6) is 0.00816. The average molecular weight is 692 g/mol. The predicted molar refractivity (Wildman–Crippen MR) is 183 cm³/mol. The monoisotopic (exact) mass is 691 g/mol. The molecule has 1 aromatic carbocycles. The summed E-state index contributed by atoms with van der Waals surface area (Å²) in [6.07, 6.45) is 1.41. The van der Waals surface area contributed by atoms with Crippen LogP contribution in [0.15, 0.2) is 18.2 Å². The molecule has 49 heavy (non-hydrogen) atoms. The van der Waals surface area contributed by atoms with E-state index in [1.807, 2.05) is 34.6 Å². The summed E-state index contributed by atoms with van der Waals surface area (Å²) in [5.41, 5.74) is -1.23. The fourth-order valence-electron chi connectivity index (χ4n) is 5.75. The minimum absolute atomic E-state index is 0.00871. The number of amides is 3. The van der Waals surface area contributed by atoms with Gasteiger partial charge in [-0.05, 0) is 79.5 Å². The number of rotatable bonds is 16. The van der Waals surface area contributed by atoms with E-state index >= 15 is 0 Å². The lowest BCUT2D eigenvalue weighted by Crippen LogP contribution is -2.45. The lowest BCUT2D eigenvalue weighted by molar-refractivity contribution is -0.153. The maximum atomic E-state index is 14.1. The quantitative estimate of drug-likeness (QED) is 0.129. The summed E-state index contributed by atoms with van der Waals surface area (Å²) in [6, 6.07) is 4.98. The lowest BCUT2D eigenvalue weighted by Gasteiger charge is -2.33. The molecule has 3 rings (SSSR count). The number of esters is 1. The summed E-state index contributed by atoms with van der Waals surface area (Å²) >= 11 is 0. The summed E-state index contributed by atoms with van der Waals surface area (Å²) in [6.45, 7) is 14.9. The molecule has 0 spiro atoms. The van der Waals surface area contributed by atoms with Crippen molar-refractivity contribution in [3.63, 3.8) is 0 Å². The Labute approximate surface area is 291 Å². The standard InChI is InChI=1S/C36H57N3O10/c1-24(2)38(31(40)25-12-15-29(45-9)30(18-25)47-17-11-16-44-8)21-26-19-37(33(42)49-35(3,4)5)20-27(26)22-39(28-13-14-28)34(43)48-23-36(6,7)32(41)46-10/h12,15,18,24,26-28H,11,13-14,16-17,19-23H2,1-10H3/t26-,27-/m0/s1. The third kappa shape index (κ3) is 11.4. The Morgan fingerprint density at radius 3 is 2.12 bits per heavy atom. The van der Waals surface area contributed by atoms with E-state index in [9.17, 15) is 19.2 Å². The van der Waals surface area contributed by atoms with E-state index in [1.165, 1.54) is 7.11 Å². The minimum Gasteiger partial charge on any atom is -0.493 e. The Bertz CT molecular complexity index is 1290. The van der Waals surface area contributed by atoms with Gasteiger partial charge in [-0.3, -0.25) is 9.59 Å². The van der Waals surface area contributed by atoms with Crippen LogP contribution in [0, 0.1) is 17.3 Å². The first kappa shape index (κ1) is 39.7. The van der Waals surface area contributed by atoms with Crippen LogP contribution in [0.25, 0.3) is 0 Å². The van der Waals surface area contributed by atoms with Crippen molar-refractivity contribution in [3.05, 3.63) is 23.8 Å². The van der Waals surface area contributed by atoms with Gasteiger partial charge in [0, 0.05) is 75.8 Å². The molecule has 1 saturated heterocycles. The van der Waals surface area contributed by atoms with E-state index in [1.54, 1.807) is 61.0 Å². The van der Waals surface area contributed by atoms with Crippen LogP contribution < -0.4 is 9.47 Å². The molecule has 2 atom stereocenters. The summed E-state index contributed by atoms with van der Waals surface area (Å²) in [5, 5.41) is 0. The van der Waals surface area contributed by atoms with Gasteiger partial charge in [0.25, 0.3) is 5.91 Å². The highest BCUT2D eigenvalue weighted by Crippen LogP contribution is 2.34. The van der Waals surface area contributed by atoms with Crippen LogP contribution in [0.4, 0.5) is 9.59 Å². The third-order valence-electron chi connectivity index (χ3n) is 8.65. The number of hydrogen-bond donors (Lipinski definition) is 0. The zero-order valence-corrected chi connectivity index (χ0v) is 31.0. The van der Waals surface area contributed by atoms with Crippen LogP contribution in [-0.4, -0.2) is 124 Å². The van der Waals surface area contributed by atoms with E-state index in [2.05, 4.69) is 0 Å². The lowest BCUT2D eigenvalue weighted by atomic mass is 9.94. The molecule has 0 radical (unpaired) electrons.